The van der Waals surface area contributed by atoms with Crippen molar-refractivity contribution in [2.75, 3.05) is 0 Å². The standard InChI is InChI=1S/C30H20N2S4/c1-3-7-21(8-4-1)19-31-29-17-15-27(35-29)25-13-11-23(33-25)24-12-14-26(34-24)28-16-18-30(36-28)32-20-22-9-5-2-6-10-22/h1-20H. The molecule has 2 nitrogen and oxygen atoms in total. The molecule has 0 unspecified atom stereocenters. The number of hydrogen-bond acceptors (Lipinski definition) is 6. The van der Waals surface area contributed by atoms with Crippen molar-refractivity contribution in [3.05, 3.63) is 120 Å². The zero-order valence-corrected chi connectivity index (χ0v) is 22.3. The van der Waals surface area contributed by atoms with Crippen molar-refractivity contribution in [3.63, 3.8) is 0 Å². The summed E-state index contributed by atoms with van der Waals surface area (Å²) in [6.45, 7) is 0. The van der Waals surface area contributed by atoms with Crippen LogP contribution in [0.1, 0.15) is 11.1 Å². The third kappa shape index (κ3) is 5.37. The molecular formula is C30H20N2S4. The molecule has 0 saturated heterocycles. The van der Waals surface area contributed by atoms with Gasteiger partial charge in [0.25, 0.3) is 0 Å². The molecule has 0 fully saturated rings. The van der Waals surface area contributed by atoms with Crippen LogP contribution in [0.15, 0.2) is 119 Å². The van der Waals surface area contributed by atoms with Gasteiger partial charge in [-0.15, -0.1) is 45.3 Å². The number of hydrogen-bond donors (Lipinski definition) is 0. The van der Waals surface area contributed by atoms with Crippen molar-refractivity contribution in [2.45, 2.75) is 0 Å². The van der Waals surface area contributed by atoms with E-state index in [0.29, 0.717) is 0 Å². The Labute approximate surface area is 226 Å². The fourth-order valence-electron chi connectivity index (χ4n) is 3.62. The Morgan fingerprint density at radius 1 is 0.361 bits per heavy atom. The topological polar surface area (TPSA) is 24.7 Å². The number of rotatable bonds is 7. The number of benzene rings is 2. The molecule has 6 aromatic rings. The van der Waals surface area contributed by atoms with Crippen LogP contribution in [-0.4, -0.2) is 12.4 Å². The Bertz CT molecular complexity index is 1510. The van der Waals surface area contributed by atoms with Gasteiger partial charge < -0.3 is 0 Å². The quantitative estimate of drug-likeness (QED) is 0.181. The summed E-state index contributed by atoms with van der Waals surface area (Å²) in [5.41, 5.74) is 2.22. The summed E-state index contributed by atoms with van der Waals surface area (Å²) < 4.78 is 0. The predicted octanol–water partition coefficient (Wildman–Crippen LogP) is 10.4. The lowest BCUT2D eigenvalue weighted by molar-refractivity contribution is 1.61. The van der Waals surface area contributed by atoms with Crippen molar-refractivity contribution in [2.24, 2.45) is 9.98 Å². The van der Waals surface area contributed by atoms with E-state index in [1.807, 2.05) is 71.5 Å². The average Bonchev–Trinajstić information content (AvgIpc) is 3.73. The summed E-state index contributed by atoms with van der Waals surface area (Å²) in [5.74, 6) is 0. The third-order valence-electron chi connectivity index (χ3n) is 5.41. The lowest BCUT2D eigenvalue weighted by atomic mass is 10.2. The maximum absolute atomic E-state index is 4.65. The summed E-state index contributed by atoms with van der Waals surface area (Å²) in [7, 11) is 0. The summed E-state index contributed by atoms with van der Waals surface area (Å²) in [6, 6.07) is 37.8. The van der Waals surface area contributed by atoms with Crippen LogP contribution in [0.3, 0.4) is 0 Å². The highest BCUT2D eigenvalue weighted by Gasteiger charge is 2.11. The van der Waals surface area contributed by atoms with Crippen LogP contribution in [0.4, 0.5) is 10.0 Å². The molecule has 0 aliphatic rings. The Kier molecular flexibility index (Phi) is 6.83. The van der Waals surface area contributed by atoms with Crippen molar-refractivity contribution in [1.29, 1.82) is 0 Å². The number of thiophene rings is 4. The van der Waals surface area contributed by atoms with Crippen LogP contribution < -0.4 is 0 Å². The van der Waals surface area contributed by atoms with Gasteiger partial charge in [-0.3, -0.25) is 0 Å². The van der Waals surface area contributed by atoms with Crippen LogP contribution in [-0.2, 0) is 0 Å². The summed E-state index contributed by atoms with van der Waals surface area (Å²) >= 11 is 7.12. The number of nitrogens with zero attached hydrogens (tertiary/aromatic N) is 2. The molecule has 0 saturated carbocycles. The Balaban J connectivity index is 1.15. The van der Waals surface area contributed by atoms with Gasteiger partial charge in [-0.1, -0.05) is 60.7 Å². The van der Waals surface area contributed by atoms with Crippen LogP contribution in [0.5, 0.6) is 0 Å². The Hall–Kier alpha value is -3.42. The Morgan fingerprint density at radius 2 is 0.694 bits per heavy atom. The molecule has 0 spiro atoms. The molecule has 0 amide bonds. The van der Waals surface area contributed by atoms with E-state index in [-0.39, 0.29) is 0 Å². The number of aliphatic imine (C=N–C) groups is 2. The minimum Gasteiger partial charge on any atom is -0.245 e. The molecule has 0 N–H and O–H groups in total. The highest BCUT2D eigenvalue weighted by atomic mass is 32.1. The normalized spacial score (nSPS) is 11.7. The van der Waals surface area contributed by atoms with Gasteiger partial charge in [0.15, 0.2) is 0 Å². The van der Waals surface area contributed by atoms with E-state index in [4.69, 9.17) is 0 Å². The lowest BCUT2D eigenvalue weighted by Crippen LogP contribution is -1.76. The molecule has 6 rings (SSSR count). The van der Waals surface area contributed by atoms with Crippen molar-refractivity contribution in [1.82, 2.24) is 0 Å². The first-order valence-corrected chi connectivity index (χ1v) is 14.7. The SMILES string of the molecule is C(=Nc1ccc(-c2ccc(-c3ccc(-c4ccc(N=Cc5ccccc5)s4)s3)s2)s1)c1ccccc1. The van der Waals surface area contributed by atoms with Crippen LogP contribution in [0, 0.1) is 0 Å². The van der Waals surface area contributed by atoms with Gasteiger partial charge in [0, 0.05) is 41.7 Å². The first-order valence-electron chi connectivity index (χ1n) is 11.4. The van der Waals surface area contributed by atoms with E-state index in [1.54, 1.807) is 22.7 Å². The second-order valence-electron chi connectivity index (χ2n) is 7.94. The van der Waals surface area contributed by atoms with E-state index in [2.05, 4.69) is 82.8 Å². The highest BCUT2D eigenvalue weighted by molar-refractivity contribution is 7.29. The first kappa shape index (κ1) is 23.0. The molecule has 4 aromatic heterocycles. The monoisotopic (exact) mass is 536 g/mol. The fourth-order valence-corrected chi connectivity index (χ4v) is 7.60. The smallest absolute Gasteiger partial charge is 0.116 e. The van der Waals surface area contributed by atoms with Gasteiger partial charge in [0.05, 0.1) is 0 Å². The predicted molar refractivity (Wildman–Crippen MR) is 162 cm³/mol. The van der Waals surface area contributed by atoms with Crippen molar-refractivity contribution < 1.29 is 0 Å². The summed E-state index contributed by atoms with van der Waals surface area (Å²) in [6.07, 6.45) is 3.84. The van der Waals surface area contributed by atoms with E-state index < -0.39 is 0 Å². The van der Waals surface area contributed by atoms with Crippen LogP contribution in [0.25, 0.3) is 29.3 Å². The summed E-state index contributed by atoms with van der Waals surface area (Å²) in [4.78, 5) is 16.9. The van der Waals surface area contributed by atoms with E-state index in [1.165, 1.54) is 29.3 Å². The first-order chi connectivity index (χ1) is 17.8. The van der Waals surface area contributed by atoms with Gasteiger partial charge in [-0.2, -0.15) is 0 Å². The van der Waals surface area contributed by atoms with Gasteiger partial charge in [-0.25, -0.2) is 9.98 Å². The molecule has 0 bridgehead atoms. The summed E-state index contributed by atoms with van der Waals surface area (Å²) in [5, 5.41) is 2.04. The van der Waals surface area contributed by atoms with Crippen molar-refractivity contribution in [3.8, 4) is 29.3 Å². The maximum Gasteiger partial charge on any atom is 0.116 e. The van der Waals surface area contributed by atoms with Crippen LogP contribution >= 0.6 is 45.3 Å². The maximum atomic E-state index is 4.65. The fraction of sp³-hybridized carbons (Fsp3) is 0. The minimum absolute atomic E-state index is 1.02. The van der Waals surface area contributed by atoms with Gasteiger partial charge in [0.1, 0.15) is 10.0 Å². The molecule has 0 aliphatic carbocycles. The Morgan fingerprint density at radius 3 is 1.08 bits per heavy atom. The second kappa shape index (κ2) is 10.7. The molecule has 36 heavy (non-hydrogen) atoms. The zero-order valence-electron chi connectivity index (χ0n) is 19.1. The molecule has 0 radical (unpaired) electrons. The van der Waals surface area contributed by atoms with Gasteiger partial charge in [-0.05, 0) is 59.7 Å². The third-order valence-corrected chi connectivity index (χ3v) is 10.1. The van der Waals surface area contributed by atoms with Gasteiger partial charge >= 0.3 is 0 Å². The van der Waals surface area contributed by atoms with E-state index in [0.717, 1.165) is 21.1 Å². The largest absolute Gasteiger partial charge is 0.245 e. The molecule has 4 heterocycles. The molecule has 174 valence electrons. The molecule has 2 aromatic carbocycles. The van der Waals surface area contributed by atoms with E-state index >= 15 is 0 Å². The molecular weight excluding hydrogens is 517 g/mol. The molecule has 0 aliphatic heterocycles. The van der Waals surface area contributed by atoms with E-state index in [9.17, 15) is 0 Å². The van der Waals surface area contributed by atoms with Crippen molar-refractivity contribution >= 4 is 67.8 Å². The van der Waals surface area contributed by atoms with Crippen LogP contribution in [0.2, 0.25) is 0 Å². The lowest BCUT2D eigenvalue weighted by Gasteiger charge is -1.92. The average molecular weight is 537 g/mol. The minimum atomic E-state index is 1.02. The van der Waals surface area contributed by atoms with Gasteiger partial charge in [0.2, 0.25) is 0 Å². The molecule has 6 heteroatoms. The highest BCUT2D eigenvalue weighted by Crippen LogP contribution is 2.44. The second-order valence-corrected chi connectivity index (χ2v) is 12.2. The zero-order chi connectivity index (χ0) is 24.2. The molecule has 0 atom stereocenters.